The largest absolute Gasteiger partial charge is 0.233 e. The maximum absolute atomic E-state index is 4.60. The van der Waals surface area contributed by atoms with Gasteiger partial charge in [0.25, 0.3) is 0 Å². The zero-order chi connectivity index (χ0) is 13.2. The van der Waals surface area contributed by atoms with Crippen LogP contribution in [-0.4, -0.2) is 9.78 Å². The van der Waals surface area contributed by atoms with Crippen molar-refractivity contribution in [3.05, 3.63) is 71.9 Å². The van der Waals surface area contributed by atoms with Gasteiger partial charge in [-0.1, -0.05) is 48.0 Å². The molecule has 0 N–H and O–H groups in total. The number of aryl methyl sites for hydroxylation is 2. The molecule has 94 valence electrons. The van der Waals surface area contributed by atoms with Gasteiger partial charge in [-0.25, -0.2) is 4.68 Å². The molecule has 0 saturated heterocycles. The Kier molecular flexibility index (Phi) is 2.92. The summed E-state index contributed by atoms with van der Waals surface area (Å²) < 4.78 is 2.00. The van der Waals surface area contributed by atoms with Crippen LogP contribution in [0.3, 0.4) is 0 Å². The molecule has 2 nitrogen and oxygen atoms in total. The maximum Gasteiger partial charge on any atom is 0.0743 e. The first-order valence-electron chi connectivity index (χ1n) is 6.43. The Balaban J connectivity index is 2.15. The number of rotatable bonds is 2. The van der Waals surface area contributed by atoms with Gasteiger partial charge in [0.2, 0.25) is 0 Å². The average molecular weight is 248 g/mol. The summed E-state index contributed by atoms with van der Waals surface area (Å²) in [6.07, 6.45) is 0. The monoisotopic (exact) mass is 248 g/mol. The molecule has 0 saturated carbocycles. The maximum atomic E-state index is 4.60. The standard InChI is InChI=1S/C17H16N2/c1-13-8-10-15(11-9-13)17-12-14(2)18-19(17)16-6-4-3-5-7-16/h3-12H,1-2H3. The average Bonchev–Trinajstić information content (AvgIpc) is 2.83. The van der Waals surface area contributed by atoms with E-state index < -0.39 is 0 Å². The van der Waals surface area contributed by atoms with Gasteiger partial charge >= 0.3 is 0 Å². The third-order valence-electron chi connectivity index (χ3n) is 3.18. The second-order valence-electron chi connectivity index (χ2n) is 4.78. The molecule has 3 rings (SSSR count). The van der Waals surface area contributed by atoms with Crippen molar-refractivity contribution in [2.24, 2.45) is 0 Å². The minimum Gasteiger partial charge on any atom is -0.233 e. The van der Waals surface area contributed by atoms with Crippen molar-refractivity contribution < 1.29 is 0 Å². The van der Waals surface area contributed by atoms with Crippen molar-refractivity contribution in [3.63, 3.8) is 0 Å². The molecule has 0 radical (unpaired) electrons. The Morgan fingerprint density at radius 1 is 0.842 bits per heavy atom. The number of hydrogen-bond acceptors (Lipinski definition) is 1. The highest BCUT2D eigenvalue weighted by atomic mass is 15.3. The van der Waals surface area contributed by atoms with E-state index in [1.54, 1.807) is 0 Å². The quantitative estimate of drug-likeness (QED) is 0.666. The highest BCUT2D eigenvalue weighted by molar-refractivity contribution is 5.63. The lowest BCUT2D eigenvalue weighted by Crippen LogP contribution is -1.98. The summed E-state index contributed by atoms with van der Waals surface area (Å²) in [6.45, 7) is 4.13. The van der Waals surface area contributed by atoms with Gasteiger partial charge in [0, 0.05) is 5.56 Å². The number of nitrogens with zero attached hydrogens (tertiary/aromatic N) is 2. The second-order valence-corrected chi connectivity index (χ2v) is 4.78. The smallest absolute Gasteiger partial charge is 0.0743 e. The highest BCUT2D eigenvalue weighted by Gasteiger charge is 2.09. The van der Waals surface area contributed by atoms with Crippen LogP contribution in [0, 0.1) is 13.8 Å². The summed E-state index contributed by atoms with van der Waals surface area (Å²) in [5.41, 5.74) is 5.70. The van der Waals surface area contributed by atoms with E-state index in [0.717, 1.165) is 17.1 Å². The Labute approximate surface area is 113 Å². The first-order chi connectivity index (χ1) is 9.24. The molecule has 1 heterocycles. The highest BCUT2D eigenvalue weighted by Crippen LogP contribution is 2.24. The van der Waals surface area contributed by atoms with Gasteiger partial charge in [-0.3, -0.25) is 0 Å². The van der Waals surface area contributed by atoms with E-state index in [9.17, 15) is 0 Å². The molecule has 0 amide bonds. The van der Waals surface area contributed by atoms with Crippen LogP contribution in [0.15, 0.2) is 60.7 Å². The fourth-order valence-electron chi connectivity index (χ4n) is 2.20. The van der Waals surface area contributed by atoms with Gasteiger partial charge < -0.3 is 0 Å². The first kappa shape index (κ1) is 11.7. The van der Waals surface area contributed by atoms with Gasteiger partial charge in [0.15, 0.2) is 0 Å². The molecule has 0 aliphatic heterocycles. The molecule has 2 aromatic carbocycles. The molecule has 2 heteroatoms. The lowest BCUT2D eigenvalue weighted by molar-refractivity contribution is 0.869. The second kappa shape index (κ2) is 4.73. The van der Waals surface area contributed by atoms with E-state index in [-0.39, 0.29) is 0 Å². The van der Waals surface area contributed by atoms with Crippen molar-refractivity contribution in [3.8, 4) is 16.9 Å². The van der Waals surface area contributed by atoms with Gasteiger partial charge in [-0.05, 0) is 32.0 Å². The Morgan fingerprint density at radius 2 is 1.53 bits per heavy atom. The van der Waals surface area contributed by atoms with Crippen molar-refractivity contribution in [2.75, 3.05) is 0 Å². The SMILES string of the molecule is Cc1ccc(-c2cc(C)nn2-c2ccccc2)cc1. The minimum absolute atomic E-state index is 1.03. The molecule has 1 aromatic heterocycles. The summed E-state index contributed by atoms with van der Waals surface area (Å²) in [5.74, 6) is 0. The summed E-state index contributed by atoms with van der Waals surface area (Å²) in [7, 11) is 0. The van der Waals surface area contributed by atoms with Crippen LogP contribution in [0.1, 0.15) is 11.3 Å². The fraction of sp³-hybridized carbons (Fsp3) is 0.118. The molecule has 0 spiro atoms. The number of aromatic nitrogens is 2. The third kappa shape index (κ3) is 2.29. The Hall–Kier alpha value is -2.35. The summed E-state index contributed by atoms with van der Waals surface area (Å²) in [5, 5.41) is 4.60. The zero-order valence-corrected chi connectivity index (χ0v) is 11.2. The van der Waals surface area contributed by atoms with E-state index in [4.69, 9.17) is 0 Å². The van der Waals surface area contributed by atoms with E-state index in [2.05, 4.69) is 54.5 Å². The van der Waals surface area contributed by atoms with Crippen LogP contribution in [0.4, 0.5) is 0 Å². The van der Waals surface area contributed by atoms with Crippen LogP contribution in [0.5, 0.6) is 0 Å². The fourth-order valence-corrected chi connectivity index (χ4v) is 2.20. The molecule has 0 unspecified atom stereocenters. The summed E-state index contributed by atoms with van der Waals surface area (Å²) in [4.78, 5) is 0. The molecule has 0 bridgehead atoms. The minimum atomic E-state index is 1.03. The van der Waals surface area contributed by atoms with Crippen LogP contribution >= 0.6 is 0 Å². The molecule has 3 aromatic rings. The topological polar surface area (TPSA) is 17.8 Å². The van der Waals surface area contributed by atoms with Crippen molar-refractivity contribution in [1.82, 2.24) is 9.78 Å². The molecule has 0 fully saturated rings. The third-order valence-corrected chi connectivity index (χ3v) is 3.18. The zero-order valence-electron chi connectivity index (χ0n) is 11.2. The van der Waals surface area contributed by atoms with Gasteiger partial charge in [-0.15, -0.1) is 0 Å². The van der Waals surface area contributed by atoms with E-state index >= 15 is 0 Å². The predicted molar refractivity (Wildman–Crippen MR) is 78.5 cm³/mol. The van der Waals surface area contributed by atoms with Crippen molar-refractivity contribution >= 4 is 0 Å². The molecule has 19 heavy (non-hydrogen) atoms. The summed E-state index contributed by atoms with van der Waals surface area (Å²) in [6, 6.07) is 20.9. The molecular formula is C17H16N2. The Bertz CT molecular complexity index is 679. The predicted octanol–water partition coefficient (Wildman–Crippen LogP) is 4.16. The molecule has 0 aliphatic carbocycles. The lowest BCUT2D eigenvalue weighted by Gasteiger charge is -2.07. The first-order valence-corrected chi connectivity index (χ1v) is 6.43. The lowest BCUT2D eigenvalue weighted by atomic mass is 10.1. The van der Waals surface area contributed by atoms with E-state index in [0.29, 0.717) is 0 Å². The van der Waals surface area contributed by atoms with Crippen molar-refractivity contribution in [1.29, 1.82) is 0 Å². The van der Waals surface area contributed by atoms with Crippen LogP contribution in [0.25, 0.3) is 16.9 Å². The molecule has 0 atom stereocenters. The van der Waals surface area contributed by atoms with E-state index in [1.165, 1.54) is 11.1 Å². The Morgan fingerprint density at radius 3 is 2.21 bits per heavy atom. The normalized spacial score (nSPS) is 10.6. The number of hydrogen-bond donors (Lipinski definition) is 0. The van der Waals surface area contributed by atoms with Crippen molar-refractivity contribution in [2.45, 2.75) is 13.8 Å². The molecular weight excluding hydrogens is 232 g/mol. The van der Waals surface area contributed by atoms with Crippen LogP contribution < -0.4 is 0 Å². The van der Waals surface area contributed by atoms with Gasteiger partial charge in [0.05, 0.1) is 17.1 Å². The van der Waals surface area contributed by atoms with Crippen LogP contribution in [0.2, 0.25) is 0 Å². The van der Waals surface area contributed by atoms with E-state index in [1.807, 2.05) is 29.8 Å². The number of para-hydroxylation sites is 1. The molecule has 0 aliphatic rings. The number of benzene rings is 2. The van der Waals surface area contributed by atoms with Gasteiger partial charge in [0.1, 0.15) is 0 Å². The van der Waals surface area contributed by atoms with Gasteiger partial charge in [-0.2, -0.15) is 5.10 Å². The van der Waals surface area contributed by atoms with Crippen LogP contribution in [-0.2, 0) is 0 Å². The summed E-state index contributed by atoms with van der Waals surface area (Å²) >= 11 is 0.